The number of nitriles is 1. The van der Waals surface area contributed by atoms with Gasteiger partial charge in [-0.15, -0.1) is 0 Å². The second kappa shape index (κ2) is 8.20. The fraction of sp³-hybridized carbons (Fsp3) is 0.200. The van der Waals surface area contributed by atoms with E-state index < -0.39 is 17.6 Å². The van der Waals surface area contributed by atoms with Gasteiger partial charge in [0.15, 0.2) is 0 Å². The Morgan fingerprint density at radius 1 is 1.38 bits per heavy atom. The number of hydrogen-bond donors (Lipinski definition) is 1. The first-order valence-corrected chi connectivity index (χ1v) is 8.87. The van der Waals surface area contributed by atoms with Gasteiger partial charge in [-0.2, -0.15) is 5.26 Å². The maximum Gasteiger partial charge on any atom is 0.327 e. The molecule has 1 N–H and O–H groups in total. The van der Waals surface area contributed by atoms with E-state index >= 15 is 0 Å². The summed E-state index contributed by atoms with van der Waals surface area (Å²) in [4.78, 5) is 24.6. The quantitative estimate of drug-likeness (QED) is 0.658. The van der Waals surface area contributed by atoms with Gasteiger partial charge in [0.2, 0.25) is 0 Å². The van der Waals surface area contributed by atoms with Crippen LogP contribution in [-0.4, -0.2) is 27.9 Å². The Bertz CT molecular complexity index is 1180. The lowest BCUT2D eigenvalue weighted by atomic mass is 10.00. The molecular formula is C20H16ClN3O5. The number of aromatic nitrogens is 2. The normalized spacial score (nSPS) is 11.7. The zero-order valence-corrected chi connectivity index (χ0v) is 16.3. The molecule has 0 aliphatic carbocycles. The minimum atomic E-state index is -1.23. The molecule has 9 heteroatoms. The maximum absolute atomic E-state index is 12.8. The molecule has 0 aliphatic rings. The fourth-order valence-corrected chi connectivity index (χ4v) is 3.16. The van der Waals surface area contributed by atoms with Crippen LogP contribution in [0.5, 0.6) is 5.75 Å². The maximum atomic E-state index is 12.8. The minimum Gasteiger partial charge on any atom is -0.495 e. The molecule has 2 heterocycles. The van der Waals surface area contributed by atoms with Crippen molar-refractivity contribution in [2.45, 2.75) is 19.4 Å². The summed E-state index contributed by atoms with van der Waals surface area (Å²) in [5, 5.41) is 23.2. The topological polar surface area (TPSA) is 118 Å². The lowest BCUT2D eigenvalue weighted by Gasteiger charge is -2.18. The molecule has 0 saturated carbocycles. The highest BCUT2D eigenvalue weighted by atomic mass is 35.5. The van der Waals surface area contributed by atoms with Crippen molar-refractivity contribution in [3.05, 3.63) is 68.9 Å². The number of methoxy groups -OCH3 is 1. The number of halogens is 1. The smallest absolute Gasteiger partial charge is 0.327 e. The third-order valence-corrected chi connectivity index (χ3v) is 4.58. The zero-order chi connectivity index (χ0) is 21.1. The number of hydrogen-bond acceptors (Lipinski definition) is 6. The van der Waals surface area contributed by atoms with Crippen molar-refractivity contribution in [2.24, 2.45) is 0 Å². The van der Waals surface area contributed by atoms with Crippen LogP contribution in [0.1, 0.15) is 23.1 Å². The van der Waals surface area contributed by atoms with E-state index in [0.717, 1.165) is 4.57 Å². The number of benzene rings is 1. The average Bonchev–Trinajstić information content (AvgIpc) is 3.11. The Balaban J connectivity index is 2.13. The lowest BCUT2D eigenvalue weighted by Crippen LogP contribution is -2.31. The van der Waals surface area contributed by atoms with Crippen LogP contribution in [0, 0.1) is 18.3 Å². The Hall–Kier alpha value is -3.57. The van der Waals surface area contributed by atoms with E-state index in [1.807, 2.05) is 6.07 Å². The van der Waals surface area contributed by atoms with Gasteiger partial charge in [0.05, 0.1) is 30.6 Å². The van der Waals surface area contributed by atoms with Gasteiger partial charge >= 0.3 is 5.97 Å². The van der Waals surface area contributed by atoms with Crippen molar-refractivity contribution in [1.82, 2.24) is 9.72 Å². The van der Waals surface area contributed by atoms with Gasteiger partial charge < -0.3 is 14.4 Å². The molecule has 0 bridgehead atoms. The van der Waals surface area contributed by atoms with Crippen LogP contribution in [0.2, 0.25) is 5.02 Å². The van der Waals surface area contributed by atoms with E-state index in [1.54, 1.807) is 25.1 Å². The predicted octanol–water partition coefficient (Wildman–Crippen LogP) is 3.21. The van der Waals surface area contributed by atoms with Crippen LogP contribution < -0.4 is 10.3 Å². The average molecular weight is 414 g/mol. The Labute approximate surface area is 170 Å². The molecule has 1 unspecified atom stereocenters. The molecule has 3 rings (SSSR count). The van der Waals surface area contributed by atoms with Gasteiger partial charge in [-0.25, -0.2) is 4.79 Å². The molecule has 0 amide bonds. The molecule has 1 aromatic carbocycles. The standard InChI is InChI=1S/C20H16ClN3O5/c1-11-5-14(29-23-11)7-17(20(26)27)24-10-18(28-2)16(8-19(24)25)15-6-13(21)4-3-12(15)9-22/h3-6,8,10,17H,7H2,1-2H3,(H,26,27). The molecule has 0 aliphatic heterocycles. The molecule has 3 aromatic rings. The number of ether oxygens (including phenoxy) is 1. The molecule has 1 atom stereocenters. The molecule has 0 fully saturated rings. The molecule has 2 aromatic heterocycles. The molecule has 8 nitrogen and oxygen atoms in total. The van der Waals surface area contributed by atoms with Gasteiger partial charge in [-0.1, -0.05) is 16.8 Å². The van der Waals surface area contributed by atoms with Gasteiger partial charge in [0.25, 0.3) is 5.56 Å². The third kappa shape index (κ3) is 4.15. The first kappa shape index (κ1) is 20.2. The monoisotopic (exact) mass is 413 g/mol. The van der Waals surface area contributed by atoms with Crippen molar-refractivity contribution in [1.29, 1.82) is 5.26 Å². The van der Waals surface area contributed by atoms with Gasteiger partial charge in [-0.05, 0) is 25.1 Å². The molecule has 29 heavy (non-hydrogen) atoms. The fourth-order valence-electron chi connectivity index (χ4n) is 2.99. The van der Waals surface area contributed by atoms with Crippen LogP contribution in [0.4, 0.5) is 0 Å². The van der Waals surface area contributed by atoms with Gasteiger partial charge in [0.1, 0.15) is 17.6 Å². The molecule has 0 saturated heterocycles. The Morgan fingerprint density at radius 3 is 2.72 bits per heavy atom. The largest absolute Gasteiger partial charge is 0.495 e. The highest BCUT2D eigenvalue weighted by Crippen LogP contribution is 2.33. The number of carbonyl (C=O) groups is 1. The van der Waals surface area contributed by atoms with Crippen LogP contribution in [-0.2, 0) is 11.2 Å². The summed E-state index contributed by atoms with van der Waals surface area (Å²) in [6, 6.07) is 8.31. The summed E-state index contributed by atoms with van der Waals surface area (Å²) in [7, 11) is 1.39. The van der Waals surface area contributed by atoms with Crippen molar-refractivity contribution >= 4 is 17.6 Å². The zero-order valence-electron chi connectivity index (χ0n) is 15.5. The highest BCUT2D eigenvalue weighted by Gasteiger charge is 2.25. The number of aliphatic carboxylic acids is 1. The number of rotatable bonds is 6. The first-order valence-electron chi connectivity index (χ1n) is 8.49. The van der Waals surface area contributed by atoms with E-state index in [9.17, 15) is 20.0 Å². The minimum absolute atomic E-state index is 0.0702. The summed E-state index contributed by atoms with van der Waals surface area (Å²) in [6.45, 7) is 1.71. The number of pyridine rings is 1. The van der Waals surface area contributed by atoms with Crippen molar-refractivity contribution in [3.63, 3.8) is 0 Å². The van der Waals surface area contributed by atoms with E-state index in [1.165, 1.54) is 25.4 Å². The van der Waals surface area contributed by atoms with Crippen molar-refractivity contribution < 1.29 is 19.2 Å². The summed E-state index contributed by atoms with van der Waals surface area (Å²) in [5.41, 5.74) is 1.09. The predicted molar refractivity (Wildman–Crippen MR) is 104 cm³/mol. The van der Waals surface area contributed by atoms with E-state index in [4.69, 9.17) is 20.9 Å². The number of nitrogens with zero attached hydrogens (tertiary/aromatic N) is 3. The van der Waals surface area contributed by atoms with Crippen LogP contribution in [0.3, 0.4) is 0 Å². The van der Waals surface area contributed by atoms with E-state index in [2.05, 4.69) is 5.16 Å². The molecule has 148 valence electrons. The summed E-state index contributed by atoms with van der Waals surface area (Å²) in [5.74, 6) is -0.647. The van der Waals surface area contributed by atoms with Crippen molar-refractivity contribution in [3.8, 4) is 22.9 Å². The summed E-state index contributed by atoms with van der Waals surface area (Å²) < 4.78 is 11.5. The van der Waals surface area contributed by atoms with Gasteiger partial charge in [-0.3, -0.25) is 9.36 Å². The number of carboxylic acid groups (broad SMARTS) is 1. The first-order chi connectivity index (χ1) is 13.8. The molecule has 0 spiro atoms. The second-order valence-electron chi connectivity index (χ2n) is 6.30. The molecule has 0 radical (unpaired) electrons. The third-order valence-electron chi connectivity index (χ3n) is 4.35. The van der Waals surface area contributed by atoms with Crippen LogP contribution in [0.15, 0.2) is 45.8 Å². The summed E-state index contributed by atoms with van der Waals surface area (Å²) in [6.07, 6.45) is 1.24. The lowest BCUT2D eigenvalue weighted by molar-refractivity contribution is -0.141. The summed E-state index contributed by atoms with van der Waals surface area (Å²) >= 11 is 6.05. The SMILES string of the molecule is COc1cn(C(Cc2cc(C)no2)C(=O)O)c(=O)cc1-c1cc(Cl)ccc1C#N. The number of carboxylic acids is 1. The number of aryl methyl sites for hydroxylation is 1. The van der Waals surface area contributed by atoms with E-state index in [-0.39, 0.29) is 12.2 Å². The molecular weight excluding hydrogens is 398 g/mol. The van der Waals surface area contributed by atoms with Crippen LogP contribution in [0.25, 0.3) is 11.1 Å². The highest BCUT2D eigenvalue weighted by molar-refractivity contribution is 6.31. The van der Waals surface area contributed by atoms with Crippen LogP contribution >= 0.6 is 11.6 Å². The van der Waals surface area contributed by atoms with E-state index in [0.29, 0.717) is 33.2 Å². The van der Waals surface area contributed by atoms with Crippen molar-refractivity contribution in [2.75, 3.05) is 7.11 Å². The second-order valence-corrected chi connectivity index (χ2v) is 6.73. The Kier molecular flexibility index (Phi) is 5.71. The van der Waals surface area contributed by atoms with Gasteiger partial charge in [0, 0.05) is 34.7 Å². The Morgan fingerprint density at radius 2 is 2.14 bits per heavy atom.